The number of hydrogen-bond donors (Lipinski definition) is 1. The third kappa shape index (κ3) is 2.46. The van der Waals surface area contributed by atoms with Crippen LogP contribution in [0.15, 0.2) is 0 Å². The summed E-state index contributed by atoms with van der Waals surface area (Å²) < 4.78 is 0. The van der Waals surface area contributed by atoms with Crippen LogP contribution in [0.5, 0.6) is 0 Å². The Labute approximate surface area is 93.7 Å². The largest absolute Gasteiger partial charge is 0.302 e. The molecule has 0 amide bonds. The first-order valence-corrected chi connectivity index (χ1v) is 6.52. The summed E-state index contributed by atoms with van der Waals surface area (Å²) in [7, 11) is 0. The fraction of sp³-hybridized carbons (Fsp3) is 1.00. The molecule has 2 rings (SSSR count). The predicted octanol–water partition coefficient (Wildman–Crippen LogP) is 2.82. The molecule has 2 aliphatic rings. The molecule has 0 aromatic carbocycles. The number of rotatable bonds is 3. The molecule has 14 heavy (non-hydrogen) atoms. The van der Waals surface area contributed by atoms with Gasteiger partial charge in [-0.15, -0.1) is 0 Å². The molecule has 0 aromatic rings. The van der Waals surface area contributed by atoms with E-state index in [-0.39, 0.29) is 0 Å². The highest BCUT2D eigenvalue weighted by molar-refractivity contribution is 7.80. The van der Waals surface area contributed by atoms with E-state index in [2.05, 4.69) is 31.4 Å². The molecule has 1 saturated carbocycles. The van der Waals surface area contributed by atoms with E-state index in [0.29, 0.717) is 10.8 Å². The van der Waals surface area contributed by atoms with Crippen molar-refractivity contribution in [2.75, 3.05) is 25.4 Å². The van der Waals surface area contributed by atoms with Gasteiger partial charge < -0.3 is 4.90 Å². The van der Waals surface area contributed by atoms with Crippen molar-refractivity contribution in [2.45, 2.75) is 39.5 Å². The topological polar surface area (TPSA) is 3.24 Å². The second-order valence-electron chi connectivity index (χ2n) is 6.14. The summed E-state index contributed by atoms with van der Waals surface area (Å²) in [6.07, 6.45) is 5.61. The van der Waals surface area contributed by atoms with Crippen LogP contribution in [0.25, 0.3) is 0 Å². The van der Waals surface area contributed by atoms with E-state index in [4.69, 9.17) is 0 Å². The van der Waals surface area contributed by atoms with Crippen LogP contribution in [0.2, 0.25) is 0 Å². The average Bonchev–Trinajstić information content (AvgIpc) is 2.84. The monoisotopic (exact) mass is 213 g/mol. The van der Waals surface area contributed by atoms with Gasteiger partial charge in [0.25, 0.3) is 0 Å². The first-order chi connectivity index (χ1) is 6.55. The first-order valence-electron chi connectivity index (χ1n) is 5.89. The molecule has 0 N–H and O–H groups in total. The SMILES string of the molecule is CC1(C)CCCN(CC2(CS)CC2)C1. The molecule has 1 aliphatic carbocycles. The number of thiol groups is 1. The minimum Gasteiger partial charge on any atom is -0.302 e. The van der Waals surface area contributed by atoms with Gasteiger partial charge in [-0.05, 0) is 48.8 Å². The van der Waals surface area contributed by atoms with E-state index in [0.717, 1.165) is 5.75 Å². The van der Waals surface area contributed by atoms with Gasteiger partial charge in [0.2, 0.25) is 0 Å². The van der Waals surface area contributed by atoms with Crippen LogP contribution in [0.3, 0.4) is 0 Å². The van der Waals surface area contributed by atoms with Gasteiger partial charge in [0.05, 0.1) is 0 Å². The quantitative estimate of drug-likeness (QED) is 0.706. The molecule has 82 valence electrons. The summed E-state index contributed by atoms with van der Waals surface area (Å²) in [5.41, 5.74) is 1.15. The number of nitrogens with zero attached hydrogens (tertiary/aromatic N) is 1. The molecule has 0 radical (unpaired) electrons. The van der Waals surface area contributed by atoms with Gasteiger partial charge in [0.15, 0.2) is 0 Å². The lowest BCUT2D eigenvalue weighted by Crippen LogP contribution is -2.43. The van der Waals surface area contributed by atoms with Crippen molar-refractivity contribution in [3.63, 3.8) is 0 Å². The van der Waals surface area contributed by atoms with Gasteiger partial charge in [-0.3, -0.25) is 0 Å². The molecule has 1 heterocycles. The lowest BCUT2D eigenvalue weighted by Gasteiger charge is -2.39. The van der Waals surface area contributed by atoms with Crippen LogP contribution < -0.4 is 0 Å². The summed E-state index contributed by atoms with van der Waals surface area (Å²) in [5, 5.41) is 0. The van der Waals surface area contributed by atoms with Gasteiger partial charge in [0.1, 0.15) is 0 Å². The molecule has 0 spiro atoms. The molecule has 2 heteroatoms. The maximum atomic E-state index is 4.48. The minimum atomic E-state index is 0.547. The van der Waals surface area contributed by atoms with Crippen molar-refractivity contribution < 1.29 is 0 Å². The van der Waals surface area contributed by atoms with Crippen molar-refractivity contribution in [3.8, 4) is 0 Å². The van der Waals surface area contributed by atoms with E-state index < -0.39 is 0 Å². The lowest BCUT2D eigenvalue weighted by atomic mass is 9.84. The lowest BCUT2D eigenvalue weighted by molar-refractivity contribution is 0.101. The fourth-order valence-corrected chi connectivity index (χ4v) is 3.11. The van der Waals surface area contributed by atoms with E-state index >= 15 is 0 Å². The zero-order chi connectivity index (χ0) is 10.2. The van der Waals surface area contributed by atoms with Crippen LogP contribution in [-0.4, -0.2) is 30.3 Å². The Morgan fingerprint density at radius 2 is 1.93 bits per heavy atom. The van der Waals surface area contributed by atoms with Gasteiger partial charge in [-0.2, -0.15) is 12.6 Å². The maximum Gasteiger partial charge on any atom is 0.00460 e. The Morgan fingerprint density at radius 3 is 2.43 bits per heavy atom. The summed E-state index contributed by atoms with van der Waals surface area (Å²) in [4.78, 5) is 2.67. The van der Waals surface area contributed by atoms with E-state index in [1.807, 2.05) is 0 Å². The standard InChI is InChI=1S/C12H23NS/c1-11(2)4-3-7-13(8-11)9-12(10-14)5-6-12/h14H,3-10H2,1-2H3. The van der Waals surface area contributed by atoms with Crippen molar-refractivity contribution in [1.29, 1.82) is 0 Å². The summed E-state index contributed by atoms with van der Waals surface area (Å²) in [6, 6.07) is 0. The Kier molecular flexibility index (Phi) is 2.87. The summed E-state index contributed by atoms with van der Waals surface area (Å²) >= 11 is 4.48. The Hall–Kier alpha value is 0.310. The Bertz CT molecular complexity index is 208. The van der Waals surface area contributed by atoms with Gasteiger partial charge in [0, 0.05) is 13.1 Å². The average molecular weight is 213 g/mol. The molecule has 1 saturated heterocycles. The maximum absolute atomic E-state index is 4.48. The minimum absolute atomic E-state index is 0.547. The van der Waals surface area contributed by atoms with Crippen LogP contribution in [0.4, 0.5) is 0 Å². The second kappa shape index (κ2) is 3.71. The van der Waals surface area contributed by atoms with E-state index in [1.54, 1.807) is 0 Å². The highest BCUT2D eigenvalue weighted by Crippen LogP contribution is 2.47. The number of hydrogen-bond acceptors (Lipinski definition) is 2. The van der Waals surface area contributed by atoms with E-state index in [9.17, 15) is 0 Å². The van der Waals surface area contributed by atoms with Crippen molar-refractivity contribution >= 4 is 12.6 Å². The van der Waals surface area contributed by atoms with Crippen LogP contribution in [0, 0.1) is 10.8 Å². The van der Waals surface area contributed by atoms with Gasteiger partial charge in [-0.25, -0.2) is 0 Å². The molecular weight excluding hydrogens is 190 g/mol. The molecule has 0 aromatic heterocycles. The third-order valence-electron chi connectivity index (χ3n) is 3.83. The second-order valence-corrected chi connectivity index (χ2v) is 6.45. The zero-order valence-electron chi connectivity index (χ0n) is 9.55. The number of likely N-dealkylation sites (tertiary alicyclic amines) is 1. The van der Waals surface area contributed by atoms with Gasteiger partial charge >= 0.3 is 0 Å². The van der Waals surface area contributed by atoms with Crippen LogP contribution in [0.1, 0.15) is 39.5 Å². The fourth-order valence-electron chi connectivity index (χ4n) is 2.70. The highest BCUT2D eigenvalue weighted by atomic mass is 32.1. The summed E-state index contributed by atoms with van der Waals surface area (Å²) in [6.45, 7) is 8.72. The molecule has 0 atom stereocenters. The Balaban J connectivity index is 1.86. The Morgan fingerprint density at radius 1 is 1.21 bits per heavy atom. The molecule has 0 unspecified atom stereocenters. The van der Waals surface area contributed by atoms with E-state index in [1.165, 1.54) is 45.3 Å². The third-order valence-corrected chi connectivity index (χ3v) is 4.50. The predicted molar refractivity (Wildman–Crippen MR) is 65.0 cm³/mol. The normalized spacial score (nSPS) is 30.2. The van der Waals surface area contributed by atoms with Crippen LogP contribution in [-0.2, 0) is 0 Å². The summed E-state index contributed by atoms with van der Waals surface area (Å²) in [5.74, 6) is 1.09. The van der Waals surface area contributed by atoms with Crippen molar-refractivity contribution in [1.82, 2.24) is 4.90 Å². The molecule has 0 bridgehead atoms. The number of piperidine rings is 1. The smallest absolute Gasteiger partial charge is 0.00460 e. The van der Waals surface area contributed by atoms with Crippen molar-refractivity contribution in [3.05, 3.63) is 0 Å². The first kappa shape index (κ1) is 10.8. The van der Waals surface area contributed by atoms with Crippen LogP contribution >= 0.6 is 12.6 Å². The molecular formula is C12H23NS. The molecule has 2 fully saturated rings. The zero-order valence-corrected chi connectivity index (χ0v) is 10.4. The highest BCUT2D eigenvalue weighted by Gasteiger charge is 2.43. The molecule has 1 aliphatic heterocycles. The molecule has 1 nitrogen and oxygen atoms in total. The van der Waals surface area contributed by atoms with Crippen molar-refractivity contribution in [2.24, 2.45) is 10.8 Å². The van der Waals surface area contributed by atoms with Gasteiger partial charge in [-0.1, -0.05) is 13.8 Å².